The number of likely N-dealkylation sites (tertiary alicyclic amines) is 1. The number of hydrogen-bond donors (Lipinski definition) is 0. The fourth-order valence-electron chi connectivity index (χ4n) is 5.77. The van der Waals surface area contributed by atoms with Gasteiger partial charge in [0.2, 0.25) is 5.91 Å². The molecule has 3 aliphatic heterocycles. The van der Waals surface area contributed by atoms with Crippen molar-refractivity contribution in [3.8, 4) is 11.1 Å². The molecule has 1 aromatic heterocycles. The fraction of sp³-hybridized carbons (Fsp3) is 0.393. The zero-order valence-corrected chi connectivity index (χ0v) is 23.1. The van der Waals surface area contributed by atoms with Crippen molar-refractivity contribution in [1.82, 2.24) is 19.4 Å². The summed E-state index contributed by atoms with van der Waals surface area (Å²) in [5.74, 6) is -0.440. The quantitative estimate of drug-likeness (QED) is 0.332. The molecule has 204 valence electrons. The zero-order valence-electron chi connectivity index (χ0n) is 21.6. The first kappa shape index (κ1) is 26.3. The highest BCUT2D eigenvalue weighted by atomic mass is 35.5. The highest BCUT2D eigenvalue weighted by molar-refractivity contribution is 7.99. The third-order valence-electron chi connectivity index (χ3n) is 7.89. The van der Waals surface area contributed by atoms with E-state index in [1.54, 1.807) is 21.2 Å². The predicted molar refractivity (Wildman–Crippen MR) is 151 cm³/mol. The molecule has 0 N–H and O–H groups in total. The third-order valence-corrected chi connectivity index (χ3v) is 9.42. The van der Waals surface area contributed by atoms with Crippen LogP contribution in [0.15, 0.2) is 40.5 Å². The number of aromatic nitrogens is 2. The Balaban J connectivity index is 1.54. The Morgan fingerprint density at radius 3 is 2.56 bits per heavy atom. The number of amides is 1. The Hall–Kier alpha value is -2.95. The van der Waals surface area contributed by atoms with Crippen molar-refractivity contribution in [3.63, 3.8) is 0 Å². The van der Waals surface area contributed by atoms with Crippen LogP contribution in [-0.2, 0) is 4.79 Å². The molecule has 0 aliphatic carbocycles. The van der Waals surface area contributed by atoms with Crippen molar-refractivity contribution in [2.45, 2.75) is 24.3 Å². The number of nitrogens with zero attached hydrogens (tertiary/aromatic N) is 5. The van der Waals surface area contributed by atoms with Gasteiger partial charge in [0, 0.05) is 66.0 Å². The molecule has 0 bridgehead atoms. The van der Waals surface area contributed by atoms with Crippen molar-refractivity contribution in [2.24, 2.45) is 0 Å². The first-order valence-corrected chi connectivity index (χ1v) is 14.4. The monoisotopic (exact) mass is 571 g/mol. The summed E-state index contributed by atoms with van der Waals surface area (Å²) in [5, 5.41) is 0.651. The maximum atomic E-state index is 15.2. The lowest BCUT2D eigenvalue weighted by atomic mass is 9.96. The van der Waals surface area contributed by atoms with Crippen LogP contribution in [0.4, 0.5) is 14.6 Å². The molecule has 1 unspecified atom stereocenters. The number of carbonyl (C=O) groups excluding carboxylic acids is 1. The van der Waals surface area contributed by atoms with Crippen LogP contribution in [0, 0.1) is 18.6 Å². The minimum atomic E-state index is -0.815. The van der Waals surface area contributed by atoms with Gasteiger partial charge in [0.15, 0.2) is 0 Å². The summed E-state index contributed by atoms with van der Waals surface area (Å²) in [7, 11) is 0. The molecule has 2 aromatic carbocycles. The summed E-state index contributed by atoms with van der Waals surface area (Å²) in [6, 6.07) is 3.99. The molecule has 6 rings (SSSR count). The molecule has 39 heavy (non-hydrogen) atoms. The number of piperazine rings is 1. The molecule has 2 fully saturated rings. The second-order valence-electron chi connectivity index (χ2n) is 10.3. The molecule has 0 radical (unpaired) electrons. The Morgan fingerprint density at radius 1 is 1.15 bits per heavy atom. The van der Waals surface area contributed by atoms with Gasteiger partial charge in [-0.25, -0.2) is 13.6 Å². The molecule has 3 aliphatic rings. The van der Waals surface area contributed by atoms with Gasteiger partial charge in [-0.1, -0.05) is 18.2 Å². The van der Waals surface area contributed by atoms with Crippen molar-refractivity contribution in [1.29, 1.82) is 0 Å². The van der Waals surface area contributed by atoms with Gasteiger partial charge in [-0.3, -0.25) is 9.36 Å². The van der Waals surface area contributed by atoms with E-state index in [1.807, 2.05) is 17.9 Å². The Morgan fingerprint density at radius 2 is 1.90 bits per heavy atom. The van der Waals surface area contributed by atoms with Gasteiger partial charge in [0.05, 0.1) is 16.6 Å². The summed E-state index contributed by atoms with van der Waals surface area (Å²) in [6.07, 6.45) is 2.45. The first-order valence-electron chi connectivity index (χ1n) is 13.0. The van der Waals surface area contributed by atoms with E-state index in [9.17, 15) is 14.0 Å². The molecule has 11 heteroatoms. The summed E-state index contributed by atoms with van der Waals surface area (Å²) in [4.78, 5) is 37.3. The largest absolute Gasteiger partial charge is 0.352 e. The molecule has 1 atom stereocenters. The highest BCUT2D eigenvalue weighted by Gasteiger charge is 2.33. The number of halogens is 3. The molecular weight excluding hydrogens is 544 g/mol. The summed E-state index contributed by atoms with van der Waals surface area (Å²) >= 11 is 7.68. The lowest BCUT2D eigenvalue weighted by Crippen LogP contribution is -2.49. The number of thioether (sulfide) groups is 1. The van der Waals surface area contributed by atoms with E-state index in [-0.39, 0.29) is 28.2 Å². The number of carbonyl (C=O) groups is 1. The molecular formula is C28H28ClF2N5O2S. The average molecular weight is 572 g/mol. The van der Waals surface area contributed by atoms with Crippen LogP contribution >= 0.6 is 23.4 Å². The molecule has 7 nitrogen and oxygen atoms in total. The van der Waals surface area contributed by atoms with Gasteiger partial charge < -0.3 is 14.7 Å². The topological polar surface area (TPSA) is 61.7 Å². The summed E-state index contributed by atoms with van der Waals surface area (Å²) in [6.45, 7) is 10.2. The molecule has 0 spiro atoms. The maximum Gasteiger partial charge on any atom is 0.350 e. The van der Waals surface area contributed by atoms with Crippen LogP contribution in [0.5, 0.6) is 0 Å². The normalized spacial score (nSPS) is 19.3. The van der Waals surface area contributed by atoms with Gasteiger partial charge in [-0.15, -0.1) is 11.8 Å². The lowest BCUT2D eigenvalue weighted by molar-refractivity contribution is -0.126. The fourth-order valence-corrected chi connectivity index (χ4v) is 7.31. The second-order valence-corrected chi connectivity index (χ2v) is 11.7. The predicted octanol–water partition coefficient (Wildman–Crippen LogP) is 4.49. The second kappa shape index (κ2) is 10.2. The van der Waals surface area contributed by atoms with Gasteiger partial charge in [0.25, 0.3) is 0 Å². The SMILES string of the molecule is C=CC(=O)N1CCN(c2nc(=O)n3c4c(c(-c5cc(Cl)c(F)cc5F)c(C)cc24)SCC3CN2CCC2)CC1. The van der Waals surface area contributed by atoms with E-state index in [1.165, 1.54) is 12.1 Å². The zero-order chi connectivity index (χ0) is 27.4. The van der Waals surface area contributed by atoms with E-state index in [4.69, 9.17) is 11.6 Å². The third kappa shape index (κ3) is 4.52. The number of hydrogen-bond acceptors (Lipinski definition) is 6. The number of anilines is 1. The van der Waals surface area contributed by atoms with Crippen LogP contribution in [0.3, 0.4) is 0 Å². The average Bonchev–Trinajstić information content (AvgIpc) is 2.90. The van der Waals surface area contributed by atoms with E-state index >= 15 is 4.39 Å². The Labute approximate surface area is 234 Å². The van der Waals surface area contributed by atoms with Gasteiger partial charge >= 0.3 is 5.69 Å². The molecule has 1 amide bonds. The van der Waals surface area contributed by atoms with Gasteiger partial charge in [0.1, 0.15) is 17.5 Å². The van der Waals surface area contributed by atoms with E-state index in [2.05, 4.69) is 16.5 Å². The standard InChI is InChI=1S/C28H28ClF2N5O2S/c1-3-23(37)34-7-9-35(10-8-34)27-19-11-16(2)24(18-12-20(29)22(31)13-21(18)30)26-25(19)36(28(38)32-27)17(15-39-26)14-33-5-4-6-33/h3,11-13,17H,1,4-10,14-15H2,2H3. The van der Waals surface area contributed by atoms with E-state index in [0.29, 0.717) is 43.3 Å². The van der Waals surface area contributed by atoms with Crippen molar-refractivity contribution >= 4 is 46.0 Å². The molecule has 2 saturated heterocycles. The van der Waals surface area contributed by atoms with E-state index < -0.39 is 11.6 Å². The Kier molecular flexibility index (Phi) is 6.89. The van der Waals surface area contributed by atoms with Crippen molar-refractivity contribution in [2.75, 3.05) is 56.5 Å². The smallest absolute Gasteiger partial charge is 0.350 e. The minimum Gasteiger partial charge on any atom is -0.352 e. The van der Waals surface area contributed by atoms with Crippen LogP contribution in [0.25, 0.3) is 22.0 Å². The number of rotatable bonds is 5. The van der Waals surface area contributed by atoms with Crippen molar-refractivity contribution in [3.05, 3.63) is 63.6 Å². The highest BCUT2D eigenvalue weighted by Crippen LogP contribution is 2.47. The van der Waals surface area contributed by atoms with E-state index in [0.717, 1.165) is 53.5 Å². The molecule has 4 heterocycles. The number of benzene rings is 2. The summed E-state index contributed by atoms with van der Waals surface area (Å²) < 4.78 is 31.0. The van der Waals surface area contributed by atoms with Crippen LogP contribution in [0.1, 0.15) is 18.0 Å². The number of aryl methyl sites for hydroxylation is 1. The minimum absolute atomic E-state index is 0.0846. The Bertz CT molecular complexity index is 1570. The molecule has 0 saturated carbocycles. The van der Waals surface area contributed by atoms with Crippen LogP contribution in [0.2, 0.25) is 5.02 Å². The molecule has 3 aromatic rings. The maximum absolute atomic E-state index is 15.2. The summed E-state index contributed by atoms with van der Waals surface area (Å²) in [5.41, 5.74) is 1.97. The van der Waals surface area contributed by atoms with Gasteiger partial charge in [-0.2, -0.15) is 4.98 Å². The van der Waals surface area contributed by atoms with Gasteiger partial charge in [-0.05, 0) is 50.2 Å². The first-order chi connectivity index (χ1) is 18.8. The van der Waals surface area contributed by atoms with Crippen LogP contribution < -0.4 is 10.6 Å². The lowest BCUT2D eigenvalue weighted by Gasteiger charge is -2.38. The van der Waals surface area contributed by atoms with Crippen LogP contribution in [-0.4, -0.2) is 76.8 Å². The van der Waals surface area contributed by atoms with Crippen molar-refractivity contribution < 1.29 is 13.6 Å².